The Morgan fingerprint density at radius 1 is 1.33 bits per heavy atom. The normalized spacial score (nSPS) is 15.8. The summed E-state index contributed by atoms with van der Waals surface area (Å²) in [5, 5.41) is 0. The summed E-state index contributed by atoms with van der Waals surface area (Å²) in [4.78, 5) is 13.5. The molecule has 2 heteroatoms. The van der Waals surface area contributed by atoms with Crippen LogP contribution in [0.5, 0.6) is 0 Å². The monoisotopic (exact) mass is 203 g/mol. The molecule has 2 nitrogen and oxygen atoms in total. The lowest BCUT2D eigenvalue weighted by Crippen LogP contribution is -2.42. The quantitative estimate of drug-likeness (QED) is 0.739. The summed E-state index contributed by atoms with van der Waals surface area (Å²) >= 11 is 0. The molecule has 0 saturated heterocycles. The molecular weight excluding hydrogens is 186 g/mol. The van der Waals surface area contributed by atoms with Crippen molar-refractivity contribution in [3.05, 3.63) is 35.9 Å². The molecule has 0 heterocycles. The molecular formula is C13H17NO. The largest absolute Gasteiger partial charge is 0.336 e. The minimum atomic E-state index is 0.198. The van der Waals surface area contributed by atoms with E-state index in [1.807, 2.05) is 23.1 Å². The van der Waals surface area contributed by atoms with E-state index in [0.29, 0.717) is 6.04 Å². The molecule has 2 rings (SSSR count). The van der Waals surface area contributed by atoms with Gasteiger partial charge < -0.3 is 4.90 Å². The van der Waals surface area contributed by atoms with Crippen LogP contribution in [0.2, 0.25) is 0 Å². The zero-order valence-corrected chi connectivity index (χ0v) is 9.15. The Bertz CT molecular complexity index is 330. The molecule has 0 aromatic heterocycles. The molecule has 0 bridgehead atoms. The first-order valence-electron chi connectivity index (χ1n) is 5.58. The first kappa shape index (κ1) is 10.2. The molecule has 1 saturated carbocycles. The van der Waals surface area contributed by atoms with Crippen LogP contribution in [0.25, 0.3) is 0 Å². The molecule has 0 N–H and O–H groups in total. The SMILES string of the molecule is CC(=O)N(Cc1ccccc1)C1CCC1. The smallest absolute Gasteiger partial charge is 0.219 e. The maximum atomic E-state index is 11.5. The van der Waals surface area contributed by atoms with Gasteiger partial charge in [0.05, 0.1) is 0 Å². The minimum Gasteiger partial charge on any atom is -0.336 e. The number of benzene rings is 1. The Morgan fingerprint density at radius 3 is 2.47 bits per heavy atom. The fraction of sp³-hybridized carbons (Fsp3) is 0.462. The van der Waals surface area contributed by atoms with E-state index in [9.17, 15) is 4.79 Å². The van der Waals surface area contributed by atoms with Gasteiger partial charge in [-0.15, -0.1) is 0 Å². The van der Waals surface area contributed by atoms with Crippen molar-refractivity contribution in [1.29, 1.82) is 0 Å². The summed E-state index contributed by atoms with van der Waals surface area (Å²) in [6.07, 6.45) is 3.61. The summed E-state index contributed by atoms with van der Waals surface area (Å²) in [6.45, 7) is 2.43. The predicted octanol–water partition coefficient (Wildman–Crippen LogP) is 2.59. The molecule has 0 radical (unpaired) electrons. The lowest BCUT2D eigenvalue weighted by atomic mass is 9.91. The summed E-state index contributed by atoms with van der Waals surface area (Å²) in [6, 6.07) is 10.7. The number of nitrogens with zero attached hydrogens (tertiary/aromatic N) is 1. The lowest BCUT2D eigenvalue weighted by molar-refractivity contribution is -0.133. The number of rotatable bonds is 3. The van der Waals surface area contributed by atoms with E-state index in [1.165, 1.54) is 24.8 Å². The Kier molecular flexibility index (Phi) is 3.05. The van der Waals surface area contributed by atoms with Gasteiger partial charge in [0.25, 0.3) is 0 Å². The van der Waals surface area contributed by atoms with Crippen LogP contribution in [0.1, 0.15) is 31.7 Å². The third-order valence-electron chi connectivity index (χ3n) is 3.12. The highest BCUT2D eigenvalue weighted by atomic mass is 16.2. The molecule has 80 valence electrons. The van der Waals surface area contributed by atoms with Gasteiger partial charge in [-0.2, -0.15) is 0 Å². The topological polar surface area (TPSA) is 20.3 Å². The number of hydrogen-bond donors (Lipinski definition) is 0. The lowest BCUT2D eigenvalue weighted by Gasteiger charge is -2.37. The van der Waals surface area contributed by atoms with E-state index in [2.05, 4.69) is 12.1 Å². The summed E-state index contributed by atoms with van der Waals surface area (Å²) in [5.74, 6) is 0.198. The van der Waals surface area contributed by atoms with E-state index in [1.54, 1.807) is 6.92 Å². The average Bonchev–Trinajstić information content (AvgIpc) is 2.15. The number of carbonyl (C=O) groups excluding carboxylic acids is 1. The van der Waals surface area contributed by atoms with Crippen LogP contribution in [-0.4, -0.2) is 16.8 Å². The second kappa shape index (κ2) is 4.47. The van der Waals surface area contributed by atoms with Crippen LogP contribution < -0.4 is 0 Å². The highest BCUT2D eigenvalue weighted by Gasteiger charge is 2.26. The maximum absolute atomic E-state index is 11.5. The van der Waals surface area contributed by atoms with Crippen LogP contribution in [-0.2, 0) is 11.3 Å². The van der Waals surface area contributed by atoms with Crippen molar-refractivity contribution in [2.24, 2.45) is 0 Å². The summed E-state index contributed by atoms with van der Waals surface area (Å²) in [5.41, 5.74) is 1.22. The van der Waals surface area contributed by atoms with Crippen LogP contribution in [0, 0.1) is 0 Å². The fourth-order valence-corrected chi connectivity index (χ4v) is 1.98. The molecule has 1 aliphatic rings. The molecule has 1 aromatic rings. The van der Waals surface area contributed by atoms with Crippen molar-refractivity contribution in [2.45, 2.75) is 38.8 Å². The van der Waals surface area contributed by atoms with Gasteiger partial charge in [0.15, 0.2) is 0 Å². The Morgan fingerprint density at radius 2 is 2.00 bits per heavy atom. The highest BCUT2D eigenvalue weighted by Crippen LogP contribution is 2.26. The Hall–Kier alpha value is -1.31. The molecule has 0 atom stereocenters. The number of hydrogen-bond acceptors (Lipinski definition) is 1. The van der Waals surface area contributed by atoms with Gasteiger partial charge in [0, 0.05) is 19.5 Å². The van der Waals surface area contributed by atoms with Crippen molar-refractivity contribution in [3.63, 3.8) is 0 Å². The Labute approximate surface area is 90.9 Å². The molecule has 1 aromatic carbocycles. The first-order chi connectivity index (χ1) is 7.27. The second-order valence-corrected chi connectivity index (χ2v) is 4.22. The third kappa shape index (κ3) is 2.38. The fourth-order valence-electron chi connectivity index (χ4n) is 1.98. The van der Waals surface area contributed by atoms with Crippen molar-refractivity contribution in [2.75, 3.05) is 0 Å². The second-order valence-electron chi connectivity index (χ2n) is 4.22. The molecule has 0 aliphatic heterocycles. The van der Waals surface area contributed by atoms with Gasteiger partial charge >= 0.3 is 0 Å². The van der Waals surface area contributed by atoms with Crippen molar-refractivity contribution in [3.8, 4) is 0 Å². The maximum Gasteiger partial charge on any atom is 0.219 e. The van der Waals surface area contributed by atoms with E-state index >= 15 is 0 Å². The predicted molar refractivity (Wildman–Crippen MR) is 60.3 cm³/mol. The minimum absolute atomic E-state index is 0.198. The zero-order valence-electron chi connectivity index (χ0n) is 9.15. The van der Waals surface area contributed by atoms with Crippen LogP contribution in [0.3, 0.4) is 0 Å². The molecule has 0 unspecified atom stereocenters. The standard InChI is InChI=1S/C13H17NO/c1-11(15)14(13-8-5-9-13)10-12-6-3-2-4-7-12/h2-4,6-7,13H,5,8-10H2,1H3. The molecule has 0 spiro atoms. The van der Waals surface area contributed by atoms with Crippen LogP contribution >= 0.6 is 0 Å². The Balaban J connectivity index is 2.03. The van der Waals surface area contributed by atoms with E-state index < -0.39 is 0 Å². The molecule has 1 fully saturated rings. The zero-order chi connectivity index (χ0) is 10.7. The third-order valence-corrected chi connectivity index (χ3v) is 3.12. The summed E-state index contributed by atoms with van der Waals surface area (Å²) in [7, 11) is 0. The van der Waals surface area contributed by atoms with E-state index in [4.69, 9.17) is 0 Å². The van der Waals surface area contributed by atoms with Crippen molar-refractivity contribution in [1.82, 2.24) is 4.90 Å². The van der Waals surface area contributed by atoms with Crippen LogP contribution in [0.4, 0.5) is 0 Å². The van der Waals surface area contributed by atoms with Crippen molar-refractivity contribution >= 4 is 5.91 Å². The van der Waals surface area contributed by atoms with Crippen LogP contribution in [0.15, 0.2) is 30.3 Å². The van der Waals surface area contributed by atoms with Gasteiger partial charge in [-0.05, 0) is 24.8 Å². The van der Waals surface area contributed by atoms with E-state index in [0.717, 1.165) is 6.54 Å². The average molecular weight is 203 g/mol. The molecule has 1 amide bonds. The van der Waals surface area contributed by atoms with Gasteiger partial charge in [0.1, 0.15) is 0 Å². The molecule has 1 aliphatic carbocycles. The number of amides is 1. The van der Waals surface area contributed by atoms with Gasteiger partial charge in [-0.1, -0.05) is 30.3 Å². The van der Waals surface area contributed by atoms with Gasteiger partial charge in [-0.25, -0.2) is 0 Å². The number of carbonyl (C=O) groups is 1. The van der Waals surface area contributed by atoms with Gasteiger partial charge in [0.2, 0.25) is 5.91 Å². The van der Waals surface area contributed by atoms with Gasteiger partial charge in [-0.3, -0.25) is 4.79 Å². The molecule has 15 heavy (non-hydrogen) atoms. The first-order valence-corrected chi connectivity index (χ1v) is 5.58. The highest BCUT2D eigenvalue weighted by molar-refractivity contribution is 5.73. The van der Waals surface area contributed by atoms with Crippen molar-refractivity contribution < 1.29 is 4.79 Å². The van der Waals surface area contributed by atoms with E-state index in [-0.39, 0.29) is 5.91 Å². The summed E-state index contributed by atoms with van der Waals surface area (Å²) < 4.78 is 0.